The van der Waals surface area contributed by atoms with Crippen LogP contribution in [0.4, 0.5) is 18.9 Å². The van der Waals surface area contributed by atoms with Crippen LogP contribution in [0.15, 0.2) is 103 Å². The average molecular weight is 516 g/mol. The van der Waals surface area contributed by atoms with E-state index < -0.39 is 31.9 Å². The molecule has 1 aliphatic heterocycles. The van der Waals surface area contributed by atoms with Gasteiger partial charge in [-0.25, -0.2) is 0 Å². The fraction of sp³-hybridized carbons (Fsp3) is 0.185. The Morgan fingerprint density at radius 3 is 2.36 bits per heavy atom. The number of quaternary nitrogens is 1. The van der Waals surface area contributed by atoms with Crippen molar-refractivity contribution in [3.8, 4) is 11.1 Å². The lowest BCUT2D eigenvalue weighted by Gasteiger charge is -2.35. The number of aliphatic hydroxyl groups is 1. The maximum Gasteiger partial charge on any atom is 0.408 e. The molecule has 0 aromatic heterocycles. The van der Waals surface area contributed by atoms with Crippen molar-refractivity contribution in [1.29, 1.82) is 0 Å². The molecule has 2 unspecified atom stereocenters. The van der Waals surface area contributed by atoms with Crippen LogP contribution in [0, 0.1) is 0 Å². The third kappa shape index (κ3) is 5.15. The molecular formula is C27H26F3N2O3S+. The van der Waals surface area contributed by atoms with Crippen LogP contribution in [0.5, 0.6) is 0 Å². The number of hydrogen-bond donors (Lipinski definition) is 2. The summed E-state index contributed by atoms with van der Waals surface area (Å²) in [4.78, 5) is 0. The van der Waals surface area contributed by atoms with Gasteiger partial charge in [0.1, 0.15) is 18.8 Å². The number of benzene rings is 3. The highest BCUT2D eigenvalue weighted by Crippen LogP contribution is 2.38. The van der Waals surface area contributed by atoms with Crippen LogP contribution in [-0.2, 0) is 10.0 Å². The van der Waals surface area contributed by atoms with Crippen molar-refractivity contribution in [3.63, 3.8) is 0 Å². The zero-order valence-corrected chi connectivity index (χ0v) is 20.1. The van der Waals surface area contributed by atoms with Crippen molar-refractivity contribution in [1.82, 2.24) is 3.89 Å². The summed E-state index contributed by atoms with van der Waals surface area (Å²) in [5, 5.41) is 11.3. The summed E-state index contributed by atoms with van der Waals surface area (Å²) in [5.41, 5.74) is 8.81. The molecule has 0 saturated carbocycles. The normalized spacial score (nSPS) is 19.1. The lowest BCUT2D eigenvalue weighted by atomic mass is 9.92. The molecule has 2 atom stereocenters. The van der Waals surface area contributed by atoms with Gasteiger partial charge in [0, 0.05) is 24.3 Å². The Morgan fingerprint density at radius 1 is 0.972 bits per heavy atom. The second kappa shape index (κ2) is 10.0. The first-order valence-electron chi connectivity index (χ1n) is 11.2. The predicted molar refractivity (Wildman–Crippen MR) is 135 cm³/mol. The Kier molecular flexibility index (Phi) is 7.19. The van der Waals surface area contributed by atoms with Crippen LogP contribution in [0.3, 0.4) is 0 Å². The fourth-order valence-corrected chi connectivity index (χ4v) is 6.12. The van der Waals surface area contributed by atoms with E-state index in [-0.39, 0.29) is 18.8 Å². The lowest BCUT2D eigenvalue weighted by molar-refractivity contribution is -0.106. The minimum atomic E-state index is -4.92. The van der Waals surface area contributed by atoms with Gasteiger partial charge in [-0.2, -0.15) is 25.5 Å². The van der Waals surface area contributed by atoms with E-state index in [0.29, 0.717) is 16.7 Å². The monoisotopic (exact) mass is 515 g/mol. The van der Waals surface area contributed by atoms with Crippen LogP contribution >= 0.6 is 0 Å². The first-order chi connectivity index (χ1) is 17.1. The molecule has 0 saturated heterocycles. The average Bonchev–Trinajstić information content (AvgIpc) is 2.87. The molecule has 188 valence electrons. The molecule has 5 nitrogen and oxygen atoms in total. The zero-order chi connectivity index (χ0) is 26.0. The number of sulfonamides is 1. The van der Waals surface area contributed by atoms with Gasteiger partial charge >= 0.3 is 16.2 Å². The highest BCUT2D eigenvalue weighted by Gasteiger charge is 2.50. The molecule has 1 aliphatic rings. The van der Waals surface area contributed by atoms with Gasteiger partial charge < -0.3 is 10.8 Å². The minimum absolute atomic E-state index is 0.0369. The van der Waals surface area contributed by atoms with Gasteiger partial charge in [0.15, 0.2) is 11.4 Å². The molecule has 0 amide bonds. The molecule has 0 spiro atoms. The van der Waals surface area contributed by atoms with Crippen LogP contribution in [-0.4, -0.2) is 38.5 Å². The van der Waals surface area contributed by atoms with Crippen LogP contribution in [0.2, 0.25) is 0 Å². The molecule has 0 bridgehead atoms. The van der Waals surface area contributed by atoms with E-state index in [2.05, 4.69) is 0 Å². The summed E-state index contributed by atoms with van der Waals surface area (Å²) < 4.78 is 65.4. The lowest BCUT2D eigenvalue weighted by Crippen LogP contribution is -2.54. The summed E-state index contributed by atoms with van der Waals surface area (Å²) in [5.74, 6) is -1.99. The Morgan fingerprint density at radius 2 is 1.67 bits per heavy atom. The van der Waals surface area contributed by atoms with Crippen molar-refractivity contribution < 1.29 is 26.7 Å². The molecule has 0 fully saturated rings. The summed E-state index contributed by atoms with van der Waals surface area (Å²) in [6.07, 6.45) is -1.71. The largest absolute Gasteiger partial charge is 0.408 e. The first-order valence-corrected chi connectivity index (χ1v) is 12.9. The molecule has 3 aromatic rings. The Balaban J connectivity index is 1.83. The van der Waals surface area contributed by atoms with E-state index in [4.69, 9.17) is 5.73 Å². The van der Waals surface area contributed by atoms with E-state index in [0.717, 1.165) is 11.1 Å². The first kappa shape index (κ1) is 25.8. The highest BCUT2D eigenvalue weighted by molar-refractivity contribution is 7.91. The molecule has 9 heteroatoms. The quantitative estimate of drug-likeness (QED) is 0.432. The Hall–Kier alpha value is -3.24. The number of halogens is 3. The van der Waals surface area contributed by atoms with Crippen molar-refractivity contribution in [2.75, 3.05) is 18.8 Å². The second-order valence-corrected chi connectivity index (χ2v) is 10.7. The van der Waals surface area contributed by atoms with Crippen LogP contribution < -0.4 is 9.62 Å². The van der Waals surface area contributed by atoms with Gasteiger partial charge in [-0.05, 0) is 28.3 Å². The number of alkyl halides is 3. The molecule has 3 aromatic carbocycles. The highest BCUT2D eigenvalue weighted by atomic mass is 32.2. The second-order valence-electron chi connectivity index (χ2n) is 8.58. The molecule has 36 heavy (non-hydrogen) atoms. The maximum atomic E-state index is 13.3. The topological polar surface area (TPSA) is 80.4 Å². The van der Waals surface area contributed by atoms with Gasteiger partial charge in [0.05, 0.1) is 0 Å². The Labute approximate surface area is 208 Å². The smallest absolute Gasteiger partial charge is 0.384 e. The maximum absolute atomic E-state index is 13.3. The molecule has 0 aliphatic carbocycles. The van der Waals surface area contributed by atoms with Crippen LogP contribution in [0.25, 0.3) is 11.1 Å². The summed E-state index contributed by atoms with van der Waals surface area (Å²) >= 11 is 0. The fourth-order valence-electron chi connectivity index (χ4n) is 4.43. The van der Waals surface area contributed by atoms with Gasteiger partial charge in [-0.1, -0.05) is 72.8 Å². The van der Waals surface area contributed by atoms with E-state index in [1.165, 1.54) is 30.5 Å². The molecule has 0 radical (unpaired) electrons. The summed E-state index contributed by atoms with van der Waals surface area (Å²) in [7, 11) is -4.81. The minimum Gasteiger partial charge on any atom is -0.384 e. The Bertz CT molecular complexity index is 1400. The predicted octanol–water partition coefficient (Wildman–Crippen LogP) is 5.05. The van der Waals surface area contributed by atoms with Gasteiger partial charge in [0.2, 0.25) is 0 Å². The van der Waals surface area contributed by atoms with Gasteiger partial charge in [0.25, 0.3) is 0 Å². The third-order valence-corrected chi connectivity index (χ3v) is 8.27. The van der Waals surface area contributed by atoms with Crippen molar-refractivity contribution in [3.05, 3.63) is 114 Å². The molecular weight excluding hydrogens is 489 g/mol. The zero-order valence-electron chi connectivity index (χ0n) is 19.3. The van der Waals surface area contributed by atoms with Gasteiger partial charge in [-0.3, -0.25) is 0 Å². The number of aliphatic hydroxyl groups excluding tert-OH is 1. The molecule has 4 rings (SSSR count). The van der Waals surface area contributed by atoms with Crippen molar-refractivity contribution >= 4 is 15.7 Å². The van der Waals surface area contributed by atoms with Crippen LogP contribution in [0.1, 0.15) is 17.2 Å². The van der Waals surface area contributed by atoms with E-state index in [9.17, 15) is 26.7 Å². The van der Waals surface area contributed by atoms with Crippen molar-refractivity contribution in [2.45, 2.75) is 12.3 Å². The standard InChI is InChI=1S/C27H26F3N2O3S/c28-27(29,30)19-36(34,35)32(15-7-8-20(17-31)18-32)23-12-6-11-22(16-23)26(33)25-14-5-4-13-24(25)21-9-2-1-3-10-21/h1-14,16,18,26,33H,15,17,19,31H2/q+1. The van der Waals surface area contributed by atoms with E-state index >= 15 is 0 Å². The SMILES string of the molecule is NCC1=C[N+](c2cccc(C(O)c3ccccc3-c3ccccc3)c2)(S(=O)(=O)CC(F)(F)F)CC=C1. The third-order valence-electron chi connectivity index (χ3n) is 6.12. The van der Waals surface area contributed by atoms with Crippen molar-refractivity contribution in [2.24, 2.45) is 5.73 Å². The van der Waals surface area contributed by atoms with Gasteiger partial charge in [-0.15, -0.1) is 0 Å². The summed E-state index contributed by atoms with van der Waals surface area (Å²) in [6.45, 7) is -0.271. The van der Waals surface area contributed by atoms with E-state index in [1.807, 2.05) is 42.5 Å². The molecule has 3 N–H and O–H groups in total. The van der Waals surface area contributed by atoms with E-state index in [1.54, 1.807) is 24.3 Å². The number of hydrogen-bond acceptors (Lipinski definition) is 4. The summed E-state index contributed by atoms with van der Waals surface area (Å²) in [6, 6.07) is 22.8. The number of nitrogens with two attached hydrogens (primary N) is 1. The molecule has 1 heterocycles. The number of nitrogens with zero attached hydrogens (tertiary/aromatic N) is 1. The number of rotatable bonds is 7.